The van der Waals surface area contributed by atoms with Crippen molar-refractivity contribution in [2.24, 2.45) is 0 Å². The number of hydrogen-bond donors (Lipinski definition) is 0. The number of nitrogens with zero attached hydrogens (tertiary/aromatic N) is 1. The second kappa shape index (κ2) is 13.8. The monoisotopic (exact) mass is 863 g/mol. The molecule has 0 fully saturated rings. The summed E-state index contributed by atoms with van der Waals surface area (Å²) in [5.41, 5.74) is 23.8. The topological polar surface area (TPSA) is 16.4 Å². The van der Waals surface area contributed by atoms with Crippen molar-refractivity contribution in [2.45, 2.75) is 70.1 Å². The molecule has 9 aromatic carbocycles. The van der Waals surface area contributed by atoms with Crippen molar-refractivity contribution < 1.29 is 4.42 Å². The lowest BCUT2D eigenvalue weighted by Gasteiger charge is -2.35. The summed E-state index contributed by atoms with van der Waals surface area (Å²) in [5.74, 6) is 0. The molecule has 0 amide bonds. The Morgan fingerprint density at radius 3 is 1.64 bits per heavy atom. The van der Waals surface area contributed by atoms with Crippen LogP contribution in [0.25, 0.3) is 55.3 Å². The molecule has 67 heavy (non-hydrogen) atoms. The van der Waals surface area contributed by atoms with E-state index in [1.807, 2.05) is 0 Å². The molecule has 13 rings (SSSR count). The van der Waals surface area contributed by atoms with Gasteiger partial charge >= 0.3 is 0 Å². The van der Waals surface area contributed by atoms with E-state index in [0.29, 0.717) is 0 Å². The SMILES string of the molecule is CC(C)(C)c1ccc2oc3c4c(ccc3c2c1)C(C)(C)c1cccc(N(c2ccc(C3(c5ccccc5)c5ccccc5-c5ccccc53)cc2)c2ccc3c(c2)C(C)(C)c2ccccc2-3)c1-4. The molecular weight excluding hydrogens is 811 g/mol. The average Bonchev–Trinajstić information content (AvgIpc) is 4.01. The van der Waals surface area contributed by atoms with Gasteiger partial charge in [-0.05, 0) is 120 Å². The van der Waals surface area contributed by atoms with Gasteiger partial charge in [0.1, 0.15) is 11.2 Å². The van der Waals surface area contributed by atoms with Gasteiger partial charge in [-0.15, -0.1) is 0 Å². The largest absolute Gasteiger partial charge is 0.455 e. The molecule has 2 nitrogen and oxygen atoms in total. The fourth-order valence-electron chi connectivity index (χ4n) is 12.6. The van der Waals surface area contributed by atoms with E-state index in [0.717, 1.165) is 33.6 Å². The molecule has 0 aliphatic heterocycles. The van der Waals surface area contributed by atoms with E-state index in [9.17, 15) is 0 Å². The van der Waals surface area contributed by atoms with E-state index in [-0.39, 0.29) is 16.2 Å². The highest BCUT2D eigenvalue weighted by molar-refractivity contribution is 6.14. The van der Waals surface area contributed by atoms with Crippen LogP contribution in [0.1, 0.15) is 98.5 Å². The number of furan rings is 1. The average molecular weight is 864 g/mol. The third-order valence-corrected chi connectivity index (χ3v) is 15.9. The van der Waals surface area contributed by atoms with Crippen LogP contribution in [0.3, 0.4) is 0 Å². The minimum absolute atomic E-state index is 0.0173. The first kappa shape index (κ1) is 39.9. The molecule has 0 saturated carbocycles. The highest BCUT2D eigenvalue weighted by Crippen LogP contribution is 2.60. The van der Waals surface area contributed by atoms with Crippen molar-refractivity contribution in [3.05, 3.63) is 244 Å². The third kappa shape index (κ3) is 5.39. The Kier molecular flexibility index (Phi) is 8.23. The highest BCUT2D eigenvalue weighted by Gasteiger charge is 2.46. The summed E-state index contributed by atoms with van der Waals surface area (Å²) in [7, 11) is 0. The molecule has 0 saturated heterocycles. The molecule has 2 heteroatoms. The van der Waals surface area contributed by atoms with Gasteiger partial charge in [0.05, 0.1) is 11.1 Å². The number of hydrogen-bond acceptors (Lipinski definition) is 2. The molecule has 0 radical (unpaired) electrons. The summed E-state index contributed by atoms with van der Waals surface area (Å²) < 4.78 is 7.05. The predicted octanol–water partition coefficient (Wildman–Crippen LogP) is 17.3. The third-order valence-electron chi connectivity index (χ3n) is 15.9. The van der Waals surface area contributed by atoms with E-state index in [2.05, 4.69) is 247 Å². The number of anilines is 3. The van der Waals surface area contributed by atoms with E-state index in [1.54, 1.807) is 0 Å². The maximum absolute atomic E-state index is 7.05. The van der Waals surface area contributed by atoms with Crippen LogP contribution in [0.4, 0.5) is 17.1 Å². The van der Waals surface area contributed by atoms with Gasteiger partial charge in [-0.1, -0.05) is 200 Å². The van der Waals surface area contributed by atoms with Crippen LogP contribution in [0.5, 0.6) is 0 Å². The first-order valence-corrected chi connectivity index (χ1v) is 23.9. The van der Waals surface area contributed by atoms with Gasteiger partial charge in [-0.3, -0.25) is 0 Å². The molecule has 3 aliphatic rings. The standard InChI is InChI=1S/C65H53NO/c1-62(2,3)42-30-37-58-50(38-42)49-35-36-55-60(61(49)67-58)59-54(64(55,6)7)26-17-27-57(59)66(44-33-34-48-45-20-11-14-23-51(45)63(4,5)56(48)39-44)43-31-28-41(29-32-43)65(40-18-9-8-10-19-40)52-24-15-12-21-46(52)47-22-13-16-25-53(47)65/h8-39H,1-7H3. The first-order chi connectivity index (χ1) is 32.4. The van der Waals surface area contributed by atoms with Gasteiger partial charge in [0, 0.05) is 44.1 Å². The van der Waals surface area contributed by atoms with Crippen LogP contribution in [0, 0.1) is 0 Å². The van der Waals surface area contributed by atoms with Gasteiger partial charge in [0.25, 0.3) is 0 Å². The highest BCUT2D eigenvalue weighted by atomic mass is 16.3. The molecule has 10 aromatic rings. The van der Waals surface area contributed by atoms with Gasteiger partial charge in [0.15, 0.2) is 0 Å². The molecule has 1 aromatic heterocycles. The maximum Gasteiger partial charge on any atom is 0.143 e. The molecule has 1 heterocycles. The van der Waals surface area contributed by atoms with Crippen LogP contribution in [-0.4, -0.2) is 0 Å². The Bertz CT molecular complexity index is 3620. The summed E-state index contributed by atoms with van der Waals surface area (Å²) in [6.07, 6.45) is 0. The van der Waals surface area contributed by atoms with Gasteiger partial charge in [-0.25, -0.2) is 0 Å². The minimum Gasteiger partial charge on any atom is -0.455 e. The second-order valence-corrected chi connectivity index (χ2v) is 21.2. The zero-order chi connectivity index (χ0) is 45.6. The Hall–Kier alpha value is -7.42. The van der Waals surface area contributed by atoms with Crippen LogP contribution in [0.15, 0.2) is 199 Å². The lowest BCUT2D eigenvalue weighted by molar-refractivity contribution is 0.590. The predicted molar refractivity (Wildman–Crippen MR) is 280 cm³/mol. The van der Waals surface area contributed by atoms with E-state index in [1.165, 1.54) is 88.8 Å². The molecule has 3 aliphatic carbocycles. The minimum atomic E-state index is -0.488. The van der Waals surface area contributed by atoms with Crippen LogP contribution < -0.4 is 4.90 Å². The van der Waals surface area contributed by atoms with Crippen molar-refractivity contribution >= 4 is 39.0 Å². The van der Waals surface area contributed by atoms with Crippen molar-refractivity contribution in [1.29, 1.82) is 0 Å². The van der Waals surface area contributed by atoms with Crippen molar-refractivity contribution in [1.82, 2.24) is 0 Å². The summed E-state index contributed by atoms with van der Waals surface area (Å²) >= 11 is 0. The Morgan fingerprint density at radius 1 is 0.403 bits per heavy atom. The molecule has 0 unspecified atom stereocenters. The first-order valence-electron chi connectivity index (χ1n) is 23.9. The van der Waals surface area contributed by atoms with Crippen LogP contribution in [-0.2, 0) is 21.7 Å². The zero-order valence-electron chi connectivity index (χ0n) is 39.3. The van der Waals surface area contributed by atoms with Crippen LogP contribution in [0.2, 0.25) is 0 Å². The summed E-state index contributed by atoms with van der Waals surface area (Å²) in [5, 5.41) is 2.33. The smallest absolute Gasteiger partial charge is 0.143 e. The fourth-order valence-corrected chi connectivity index (χ4v) is 12.6. The van der Waals surface area contributed by atoms with Gasteiger partial charge < -0.3 is 9.32 Å². The molecular formula is C65H53NO. The van der Waals surface area contributed by atoms with Crippen molar-refractivity contribution in [3.8, 4) is 33.4 Å². The Balaban J connectivity index is 1.06. The second-order valence-electron chi connectivity index (χ2n) is 21.2. The zero-order valence-corrected chi connectivity index (χ0v) is 39.3. The quantitative estimate of drug-likeness (QED) is 0.171. The molecule has 0 spiro atoms. The van der Waals surface area contributed by atoms with Crippen LogP contribution >= 0.6 is 0 Å². The lowest BCUT2D eigenvalue weighted by Crippen LogP contribution is -2.28. The maximum atomic E-state index is 7.05. The van der Waals surface area contributed by atoms with Crippen molar-refractivity contribution in [2.75, 3.05) is 4.90 Å². The Labute approximate surface area is 394 Å². The van der Waals surface area contributed by atoms with E-state index in [4.69, 9.17) is 4.42 Å². The summed E-state index contributed by atoms with van der Waals surface area (Å²) in [4.78, 5) is 2.53. The number of benzene rings is 9. The fraction of sp³-hybridized carbons (Fsp3) is 0.169. The molecule has 0 atom stereocenters. The van der Waals surface area contributed by atoms with E-state index >= 15 is 0 Å². The van der Waals surface area contributed by atoms with Gasteiger partial charge in [-0.2, -0.15) is 0 Å². The number of fused-ring (bicyclic) bond motifs is 13. The van der Waals surface area contributed by atoms with Gasteiger partial charge in [0.2, 0.25) is 0 Å². The normalized spacial score (nSPS) is 15.4. The summed E-state index contributed by atoms with van der Waals surface area (Å²) in [6.45, 7) is 16.4. The number of rotatable bonds is 5. The Morgan fingerprint density at radius 2 is 0.955 bits per heavy atom. The molecule has 0 N–H and O–H groups in total. The summed E-state index contributed by atoms with van der Waals surface area (Å²) in [6, 6.07) is 73.1. The molecule has 0 bridgehead atoms. The lowest BCUT2D eigenvalue weighted by atomic mass is 9.68. The van der Waals surface area contributed by atoms with Crippen molar-refractivity contribution in [3.63, 3.8) is 0 Å². The molecule has 324 valence electrons. The van der Waals surface area contributed by atoms with E-state index < -0.39 is 5.41 Å².